The highest BCUT2D eigenvalue weighted by atomic mass is 32.2. The van der Waals surface area contributed by atoms with E-state index in [1.54, 1.807) is 22.5 Å². The first kappa shape index (κ1) is 20.1. The van der Waals surface area contributed by atoms with Gasteiger partial charge in [0, 0.05) is 17.1 Å². The topological polar surface area (TPSA) is 51.9 Å². The predicted molar refractivity (Wildman–Crippen MR) is 117 cm³/mol. The number of anilines is 1. The molecule has 0 fully saturated rings. The zero-order valence-electron chi connectivity index (χ0n) is 15.7. The minimum Gasteiger partial charge on any atom is -0.324 e. The third-order valence-electron chi connectivity index (χ3n) is 4.02. The van der Waals surface area contributed by atoms with Gasteiger partial charge in [-0.05, 0) is 49.0 Å². The van der Waals surface area contributed by atoms with Crippen molar-refractivity contribution in [2.75, 3.05) is 5.32 Å². The van der Waals surface area contributed by atoms with Crippen molar-refractivity contribution >= 4 is 35.6 Å². The smallest absolute Gasteiger partial charge is 0.246 e. The molecule has 0 aliphatic heterocycles. The molecule has 2 aromatic carbocycles. The van der Waals surface area contributed by atoms with Crippen LogP contribution in [0.5, 0.6) is 0 Å². The molecule has 1 aromatic heterocycles. The highest BCUT2D eigenvalue weighted by Gasteiger charge is 2.13. The highest BCUT2D eigenvalue weighted by molar-refractivity contribution is 7.98. The van der Waals surface area contributed by atoms with E-state index in [2.05, 4.69) is 29.1 Å². The van der Waals surface area contributed by atoms with Gasteiger partial charge in [0.1, 0.15) is 12.4 Å². The first-order chi connectivity index (χ1) is 13.6. The summed E-state index contributed by atoms with van der Waals surface area (Å²) in [7, 11) is 0. The number of carbonyl (C=O) groups excluding carboxylic acids is 1. The quantitative estimate of drug-likeness (QED) is 0.328. The van der Waals surface area contributed by atoms with E-state index < -0.39 is 0 Å². The first-order valence-corrected chi connectivity index (χ1v) is 10.3. The molecular weight excluding hydrogens is 388 g/mol. The number of nitrogens with one attached hydrogen (secondary N) is 1. The van der Waals surface area contributed by atoms with Crippen LogP contribution in [0.15, 0.2) is 72.1 Å². The molecule has 0 aliphatic rings. The number of benzene rings is 2. The maximum Gasteiger partial charge on any atom is 0.246 e. The summed E-state index contributed by atoms with van der Waals surface area (Å²) in [4.78, 5) is 13.6. The van der Waals surface area contributed by atoms with Gasteiger partial charge in [-0.15, -0.1) is 18.3 Å². The summed E-state index contributed by atoms with van der Waals surface area (Å²) < 4.78 is 4.01. The van der Waals surface area contributed by atoms with Gasteiger partial charge in [0.25, 0.3) is 0 Å². The van der Waals surface area contributed by atoms with Crippen LogP contribution >= 0.6 is 24.0 Å². The number of nitrogens with zero attached hydrogens (tertiary/aromatic N) is 3. The van der Waals surface area contributed by atoms with Crippen LogP contribution in [0.4, 0.5) is 5.69 Å². The first-order valence-electron chi connectivity index (χ1n) is 8.88. The molecule has 0 aliphatic carbocycles. The van der Waals surface area contributed by atoms with Gasteiger partial charge < -0.3 is 5.32 Å². The van der Waals surface area contributed by atoms with E-state index in [4.69, 9.17) is 12.2 Å². The molecule has 0 atom stereocenters. The third-order valence-corrected chi connectivity index (χ3v) is 5.46. The lowest BCUT2D eigenvalue weighted by Crippen LogP contribution is -2.20. The SMILES string of the molecule is C=CCn1c(CSc2ccccc2)nn(CC(=O)Nc2cccc(C)c2)c1=S. The largest absolute Gasteiger partial charge is 0.324 e. The fraction of sp³-hybridized carbons (Fsp3) is 0.190. The summed E-state index contributed by atoms with van der Waals surface area (Å²) >= 11 is 7.22. The number of allylic oxidation sites excluding steroid dienone is 1. The lowest BCUT2D eigenvalue weighted by Gasteiger charge is -2.06. The van der Waals surface area contributed by atoms with Gasteiger partial charge in [0.2, 0.25) is 5.91 Å². The van der Waals surface area contributed by atoms with Crippen molar-refractivity contribution in [3.05, 3.63) is 83.4 Å². The van der Waals surface area contributed by atoms with Crippen molar-refractivity contribution in [1.29, 1.82) is 0 Å². The molecule has 0 saturated heterocycles. The summed E-state index contributed by atoms with van der Waals surface area (Å²) in [5.41, 5.74) is 1.85. The second kappa shape index (κ2) is 9.52. The van der Waals surface area contributed by atoms with Gasteiger partial charge in [-0.2, -0.15) is 5.10 Å². The van der Waals surface area contributed by atoms with Crippen molar-refractivity contribution in [1.82, 2.24) is 14.3 Å². The number of aromatic nitrogens is 3. The minimum atomic E-state index is -0.160. The van der Waals surface area contributed by atoms with Crippen LogP contribution in [0.25, 0.3) is 0 Å². The molecule has 0 saturated carbocycles. The number of thioether (sulfide) groups is 1. The van der Waals surface area contributed by atoms with Crippen LogP contribution in [0.3, 0.4) is 0 Å². The molecule has 0 bridgehead atoms. The van der Waals surface area contributed by atoms with Gasteiger partial charge in [-0.1, -0.05) is 36.4 Å². The average Bonchev–Trinajstić information content (AvgIpc) is 2.96. The predicted octanol–water partition coefficient (Wildman–Crippen LogP) is 4.84. The molecule has 1 N–H and O–H groups in total. The van der Waals surface area contributed by atoms with E-state index in [0.717, 1.165) is 22.0 Å². The number of aryl methyl sites for hydroxylation is 1. The molecular formula is C21H22N4OS2. The van der Waals surface area contributed by atoms with E-state index in [9.17, 15) is 4.79 Å². The van der Waals surface area contributed by atoms with Gasteiger partial charge in [-0.3, -0.25) is 9.36 Å². The van der Waals surface area contributed by atoms with Gasteiger partial charge in [0.15, 0.2) is 4.77 Å². The highest BCUT2D eigenvalue weighted by Crippen LogP contribution is 2.22. The Hall–Kier alpha value is -2.64. The fourth-order valence-electron chi connectivity index (χ4n) is 2.73. The van der Waals surface area contributed by atoms with E-state index >= 15 is 0 Å². The number of hydrogen-bond donors (Lipinski definition) is 1. The van der Waals surface area contributed by atoms with Crippen LogP contribution < -0.4 is 5.32 Å². The number of amides is 1. The van der Waals surface area contributed by atoms with E-state index in [0.29, 0.717) is 17.1 Å². The molecule has 0 unspecified atom stereocenters. The molecule has 3 rings (SSSR count). The summed E-state index contributed by atoms with van der Waals surface area (Å²) in [5, 5.41) is 7.48. The molecule has 0 radical (unpaired) electrons. The lowest BCUT2D eigenvalue weighted by molar-refractivity contribution is -0.116. The standard InChI is InChI=1S/C21H22N4OS2/c1-3-12-24-19(15-28-18-10-5-4-6-11-18)23-25(21(24)27)14-20(26)22-17-9-7-8-16(2)13-17/h3-11,13H,1,12,14-15H2,2H3,(H,22,26). The van der Waals surface area contributed by atoms with Crippen LogP contribution in [-0.4, -0.2) is 20.3 Å². The fourth-order valence-corrected chi connectivity index (χ4v) is 3.88. The Morgan fingerprint density at radius 1 is 1.25 bits per heavy atom. The van der Waals surface area contributed by atoms with Crippen molar-refractivity contribution in [3.63, 3.8) is 0 Å². The van der Waals surface area contributed by atoms with E-state index in [1.165, 1.54) is 0 Å². The Labute approximate surface area is 174 Å². The molecule has 3 aromatic rings. The molecule has 144 valence electrons. The summed E-state index contributed by atoms with van der Waals surface area (Å²) in [6.07, 6.45) is 1.78. The summed E-state index contributed by atoms with van der Waals surface area (Å²) in [6.45, 7) is 6.41. The van der Waals surface area contributed by atoms with Crippen LogP contribution in [0.1, 0.15) is 11.4 Å². The molecule has 1 amide bonds. The number of hydrogen-bond acceptors (Lipinski definition) is 4. The van der Waals surface area contributed by atoms with E-state index in [-0.39, 0.29) is 12.5 Å². The van der Waals surface area contributed by atoms with Crippen LogP contribution in [0, 0.1) is 11.7 Å². The normalized spacial score (nSPS) is 10.6. The Bertz CT molecular complexity index is 1020. The number of rotatable bonds is 8. The zero-order chi connectivity index (χ0) is 19.9. The Morgan fingerprint density at radius 3 is 2.75 bits per heavy atom. The third kappa shape index (κ3) is 5.21. The lowest BCUT2D eigenvalue weighted by atomic mass is 10.2. The Kier molecular flexibility index (Phi) is 6.84. The van der Waals surface area contributed by atoms with Crippen LogP contribution in [0.2, 0.25) is 0 Å². The second-order valence-electron chi connectivity index (χ2n) is 6.28. The van der Waals surface area contributed by atoms with E-state index in [1.807, 2.05) is 54.0 Å². The molecule has 7 heteroatoms. The monoisotopic (exact) mass is 410 g/mol. The van der Waals surface area contributed by atoms with Crippen molar-refractivity contribution in [2.24, 2.45) is 0 Å². The molecule has 1 heterocycles. The summed E-state index contributed by atoms with van der Waals surface area (Å²) in [5.74, 6) is 1.32. The maximum absolute atomic E-state index is 12.5. The van der Waals surface area contributed by atoms with Gasteiger partial charge in [-0.25, -0.2) is 4.68 Å². The van der Waals surface area contributed by atoms with Gasteiger partial charge in [0.05, 0.1) is 5.75 Å². The molecule has 0 spiro atoms. The Morgan fingerprint density at radius 2 is 2.04 bits per heavy atom. The van der Waals surface area contributed by atoms with Crippen LogP contribution in [-0.2, 0) is 23.6 Å². The number of carbonyl (C=O) groups is 1. The average molecular weight is 411 g/mol. The van der Waals surface area contributed by atoms with Crippen molar-refractivity contribution in [2.45, 2.75) is 30.7 Å². The zero-order valence-corrected chi connectivity index (χ0v) is 17.3. The van der Waals surface area contributed by atoms with Gasteiger partial charge >= 0.3 is 0 Å². The Balaban J connectivity index is 1.74. The summed E-state index contributed by atoms with van der Waals surface area (Å²) in [6, 6.07) is 17.8. The van der Waals surface area contributed by atoms with Crippen molar-refractivity contribution < 1.29 is 4.79 Å². The van der Waals surface area contributed by atoms with Crippen molar-refractivity contribution in [3.8, 4) is 0 Å². The minimum absolute atomic E-state index is 0.0694. The molecule has 5 nitrogen and oxygen atoms in total. The second-order valence-corrected chi connectivity index (χ2v) is 7.69. The molecule has 28 heavy (non-hydrogen) atoms. The maximum atomic E-state index is 12.5.